The van der Waals surface area contributed by atoms with Crippen LogP contribution in [0.3, 0.4) is 0 Å². The molecule has 3 fully saturated rings. The number of alkyl halides is 2. The molecule has 6 rings (SSSR count). The van der Waals surface area contributed by atoms with Crippen LogP contribution in [0.4, 0.5) is 13.6 Å². The summed E-state index contributed by atoms with van der Waals surface area (Å²) in [6.07, 6.45) is 0.746. The summed E-state index contributed by atoms with van der Waals surface area (Å²) < 4.78 is 54.3. The second kappa shape index (κ2) is 11.7. The van der Waals surface area contributed by atoms with Gasteiger partial charge in [0.25, 0.3) is 5.92 Å². The minimum Gasteiger partial charge on any atom is -0.497 e. The van der Waals surface area contributed by atoms with Crippen LogP contribution in [0, 0.1) is 17.3 Å². The molecule has 0 radical (unpaired) electrons. The number of amides is 2. The fraction of sp³-hybridized carbons (Fsp3) is 0.645. The zero-order valence-corrected chi connectivity index (χ0v) is 25.1. The monoisotopic (exact) mass is 616 g/mol. The predicted octanol–water partition coefficient (Wildman–Crippen LogP) is 4.01. The second-order valence-electron chi connectivity index (χ2n) is 12.7. The molecule has 2 aromatic rings. The molecule has 0 unspecified atom stereocenters. The zero-order chi connectivity index (χ0) is 31.2. The number of halogens is 2. The number of benzene rings is 1. The summed E-state index contributed by atoms with van der Waals surface area (Å²) in [7, 11) is 1.49. The molecule has 3 aliphatic heterocycles. The molecule has 44 heavy (non-hydrogen) atoms. The lowest BCUT2D eigenvalue weighted by Gasteiger charge is -2.44. The average Bonchev–Trinajstić information content (AvgIpc) is 3.62. The third-order valence-corrected chi connectivity index (χ3v) is 9.50. The summed E-state index contributed by atoms with van der Waals surface area (Å²) in [6.45, 7) is 4.07. The number of nitrogens with one attached hydrogen (secondary N) is 1. The topological polar surface area (TPSA) is 129 Å². The lowest BCUT2D eigenvalue weighted by atomic mass is 9.79. The van der Waals surface area contributed by atoms with Crippen molar-refractivity contribution < 1.29 is 42.1 Å². The quantitative estimate of drug-likeness (QED) is 0.507. The molecule has 0 spiro atoms. The number of hydrogen-bond donors (Lipinski definition) is 1. The molecular formula is C31H38F2N4O7. The van der Waals surface area contributed by atoms with Gasteiger partial charge in [-0.2, -0.15) is 8.78 Å². The van der Waals surface area contributed by atoms with Gasteiger partial charge in [-0.3, -0.25) is 4.79 Å². The van der Waals surface area contributed by atoms with E-state index >= 15 is 8.78 Å². The number of nitrogens with zero attached hydrogens (tertiary/aromatic N) is 3. The molecule has 4 heterocycles. The molecule has 13 heteroatoms. The van der Waals surface area contributed by atoms with Crippen LogP contribution >= 0.6 is 0 Å². The molecule has 2 saturated heterocycles. The first-order valence-electron chi connectivity index (χ1n) is 15.3. The molecular weight excluding hydrogens is 578 g/mol. The Morgan fingerprint density at radius 1 is 1.14 bits per heavy atom. The number of methoxy groups -OCH3 is 1. The summed E-state index contributed by atoms with van der Waals surface area (Å²) in [5.74, 6) is -4.14. The van der Waals surface area contributed by atoms with E-state index in [1.54, 1.807) is 18.2 Å². The van der Waals surface area contributed by atoms with Gasteiger partial charge in [0.05, 0.1) is 43.9 Å². The summed E-state index contributed by atoms with van der Waals surface area (Å²) in [4.78, 5) is 49.7. The number of hydrogen-bond acceptors (Lipinski definition) is 9. The first kappa shape index (κ1) is 30.4. The summed E-state index contributed by atoms with van der Waals surface area (Å²) in [5.41, 5.74) is -0.710. The number of aldehydes is 1. The van der Waals surface area contributed by atoms with E-state index in [-0.39, 0.29) is 49.6 Å². The van der Waals surface area contributed by atoms with E-state index in [1.165, 1.54) is 12.0 Å². The van der Waals surface area contributed by atoms with Crippen molar-refractivity contribution in [1.82, 2.24) is 20.2 Å². The highest BCUT2D eigenvalue weighted by atomic mass is 19.3. The van der Waals surface area contributed by atoms with E-state index < -0.39 is 59.6 Å². The van der Waals surface area contributed by atoms with Crippen LogP contribution in [0.25, 0.3) is 11.0 Å². The van der Waals surface area contributed by atoms with Crippen molar-refractivity contribution in [2.45, 2.75) is 82.6 Å². The van der Waals surface area contributed by atoms with Crippen molar-refractivity contribution in [3.05, 3.63) is 23.9 Å². The second-order valence-corrected chi connectivity index (χ2v) is 12.7. The lowest BCUT2D eigenvalue weighted by Crippen LogP contribution is -2.63. The Morgan fingerprint density at radius 2 is 1.93 bits per heavy atom. The maximum absolute atomic E-state index is 15.9. The maximum Gasteiger partial charge on any atom is 0.408 e. The van der Waals surface area contributed by atoms with Gasteiger partial charge in [-0.25, -0.2) is 14.8 Å². The zero-order valence-electron chi connectivity index (χ0n) is 25.1. The van der Waals surface area contributed by atoms with Crippen LogP contribution in [0.5, 0.6) is 11.6 Å². The number of rotatable bonds is 4. The van der Waals surface area contributed by atoms with Gasteiger partial charge in [0.1, 0.15) is 30.3 Å². The van der Waals surface area contributed by atoms with Crippen LogP contribution in [0.1, 0.15) is 58.1 Å². The fourth-order valence-electron chi connectivity index (χ4n) is 6.67. The van der Waals surface area contributed by atoms with E-state index in [0.29, 0.717) is 43.2 Å². The number of aromatic nitrogens is 2. The summed E-state index contributed by atoms with van der Waals surface area (Å²) in [5, 5.41) is 2.77. The molecule has 1 aromatic carbocycles. The minimum atomic E-state index is -3.36. The Hall–Kier alpha value is -3.61. The summed E-state index contributed by atoms with van der Waals surface area (Å²) in [6, 6.07) is 2.86. The highest BCUT2D eigenvalue weighted by molar-refractivity contribution is 5.89. The molecule has 6 atom stereocenters. The Kier molecular flexibility index (Phi) is 8.10. The number of fused-ring (bicyclic) bond motifs is 5. The first-order chi connectivity index (χ1) is 21.1. The van der Waals surface area contributed by atoms with Crippen molar-refractivity contribution in [3.63, 3.8) is 0 Å². The Morgan fingerprint density at radius 3 is 2.61 bits per heavy atom. The predicted molar refractivity (Wildman–Crippen MR) is 152 cm³/mol. The molecule has 1 aliphatic carbocycles. The third-order valence-electron chi connectivity index (χ3n) is 9.50. The summed E-state index contributed by atoms with van der Waals surface area (Å²) >= 11 is 0. The van der Waals surface area contributed by atoms with Crippen LogP contribution in [0.15, 0.2) is 18.2 Å². The Balaban J connectivity index is 1.40. The Bertz CT molecular complexity index is 1440. The number of ether oxygens (including phenoxy) is 4. The van der Waals surface area contributed by atoms with Crippen molar-refractivity contribution in [2.24, 2.45) is 17.3 Å². The number of carbonyl (C=O) groups is 3. The molecule has 1 saturated carbocycles. The van der Waals surface area contributed by atoms with Gasteiger partial charge in [-0.05, 0) is 43.7 Å². The fourth-order valence-corrected chi connectivity index (χ4v) is 6.67. The lowest BCUT2D eigenvalue weighted by molar-refractivity contribution is -0.157. The van der Waals surface area contributed by atoms with Crippen molar-refractivity contribution in [3.8, 4) is 11.6 Å². The molecule has 1 aromatic heterocycles. The maximum atomic E-state index is 15.9. The van der Waals surface area contributed by atoms with E-state index in [4.69, 9.17) is 18.9 Å². The van der Waals surface area contributed by atoms with Crippen LogP contribution in [0.2, 0.25) is 0 Å². The van der Waals surface area contributed by atoms with Gasteiger partial charge in [-0.15, -0.1) is 0 Å². The van der Waals surface area contributed by atoms with Gasteiger partial charge in [0.2, 0.25) is 11.8 Å². The van der Waals surface area contributed by atoms with Gasteiger partial charge in [-0.1, -0.05) is 20.3 Å². The van der Waals surface area contributed by atoms with Crippen molar-refractivity contribution in [1.29, 1.82) is 0 Å². The average molecular weight is 617 g/mol. The van der Waals surface area contributed by atoms with Gasteiger partial charge in [0.15, 0.2) is 5.69 Å². The van der Waals surface area contributed by atoms with E-state index in [1.807, 2.05) is 13.8 Å². The first-order valence-corrected chi connectivity index (χ1v) is 15.3. The molecule has 1 N–H and O–H groups in total. The van der Waals surface area contributed by atoms with E-state index in [9.17, 15) is 14.4 Å². The third kappa shape index (κ3) is 5.66. The van der Waals surface area contributed by atoms with Gasteiger partial charge in [0, 0.05) is 23.8 Å². The van der Waals surface area contributed by atoms with E-state index in [0.717, 1.165) is 0 Å². The largest absolute Gasteiger partial charge is 0.497 e. The minimum absolute atomic E-state index is 0.0710. The SMILES string of the molecule is CC[C@@H]1[C@@H]2CN(C(=O)[C@H](C3(C)COC3)NC(=O)O[C@@H]3C[C@H]3CCCCC(F)(F)c3nc4ccc(OC)cc4nc3O2)[C@@H]1C=O. The van der Waals surface area contributed by atoms with Crippen molar-refractivity contribution in [2.75, 3.05) is 26.9 Å². The molecule has 2 bridgehead atoms. The van der Waals surface area contributed by atoms with Gasteiger partial charge >= 0.3 is 6.09 Å². The van der Waals surface area contributed by atoms with Crippen LogP contribution in [-0.2, 0) is 25.0 Å². The molecule has 4 aliphatic rings. The highest BCUT2D eigenvalue weighted by Crippen LogP contribution is 2.43. The highest BCUT2D eigenvalue weighted by Gasteiger charge is 2.53. The van der Waals surface area contributed by atoms with Crippen LogP contribution < -0.4 is 14.8 Å². The van der Waals surface area contributed by atoms with Crippen LogP contribution in [-0.4, -0.2) is 84.3 Å². The molecule has 238 valence electrons. The number of alkyl carbamates (subject to hydrolysis) is 1. The molecule has 11 nitrogen and oxygen atoms in total. The normalized spacial score (nSPS) is 31.6. The van der Waals surface area contributed by atoms with E-state index in [2.05, 4.69) is 15.3 Å². The number of carbonyl (C=O) groups excluding carboxylic acids is 3. The standard InChI is InChI=1S/C31H38F2N4O7/c1-4-19-22(14-38)37-13-24(19)43-27-25(34-20-9-8-18(41-3)12-21(20)35-27)31(32,33)10-6-5-7-17-11-23(17)44-29(40)36-26(28(37)39)30(2)15-42-16-30/h8-9,12,14,17,19,22-24,26H,4-7,10-11,13,15-16H2,1-3H3,(H,36,40)/t17-,19+,22-,23-,24+,26-/m1/s1. The Labute approximate surface area is 254 Å². The molecule has 2 amide bonds. The van der Waals surface area contributed by atoms with Crippen molar-refractivity contribution >= 4 is 29.3 Å². The smallest absolute Gasteiger partial charge is 0.408 e. The van der Waals surface area contributed by atoms with Gasteiger partial charge < -0.3 is 34.0 Å².